The Morgan fingerprint density at radius 3 is 2.58 bits per heavy atom. The maximum Gasteiger partial charge on any atom is 0.254 e. The lowest BCUT2D eigenvalue weighted by molar-refractivity contribution is -0.0228. The molecule has 0 radical (unpaired) electrons. The minimum absolute atomic E-state index is 0.129. The summed E-state index contributed by atoms with van der Waals surface area (Å²) in [5, 5.41) is 0. The summed E-state index contributed by atoms with van der Waals surface area (Å²) in [6.07, 6.45) is -0.265. The van der Waals surface area contributed by atoms with Crippen LogP contribution in [0.15, 0.2) is 42.5 Å². The number of halogens is 2. The summed E-state index contributed by atoms with van der Waals surface area (Å²) in [6.45, 7) is 1.14. The van der Waals surface area contributed by atoms with Gasteiger partial charge < -0.3 is 14.4 Å². The van der Waals surface area contributed by atoms with E-state index in [9.17, 15) is 13.6 Å². The summed E-state index contributed by atoms with van der Waals surface area (Å²) >= 11 is 0. The zero-order chi connectivity index (χ0) is 17.1. The normalized spacial score (nSPS) is 17.6. The smallest absolute Gasteiger partial charge is 0.254 e. The molecule has 2 aromatic rings. The Balaban J connectivity index is 1.74. The molecule has 1 heterocycles. The molecule has 0 spiro atoms. The highest BCUT2D eigenvalue weighted by Crippen LogP contribution is 2.25. The average Bonchev–Trinajstić information content (AvgIpc) is 2.63. The molecule has 0 bridgehead atoms. The minimum atomic E-state index is -1.03. The SMILES string of the molecule is COc1ccc(C2CN(C(=O)c3ccc(F)c(F)c3)CCO2)cc1. The molecular weight excluding hydrogens is 316 g/mol. The molecule has 1 aliphatic heterocycles. The first-order valence-electron chi connectivity index (χ1n) is 7.58. The van der Waals surface area contributed by atoms with E-state index in [1.807, 2.05) is 24.3 Å². The van der Waals surface area contributed by atoms with Gasteiger partial charge in [-0.25, -0.2) is 8.78 Å². The van der Waals surface area contributed by atoms with Crippen molar-refractivity contribution in [3.05, 3.63) is 65.2 Å². The molecule has 1 saturated heterocycles. The quantitative estimate of drug-likeness (QED) is 0.866. The molecule has 3 rings (SSSR count). The maximum atomic E-state index is 13.3. The molecule has 1 atom stereocenters. The molecule has 0 N–H and O–H groups in total. The maximum absolute atomic E-state index is 13.3. The van der Waals surface area contributed by atoms with Gasteiger partial charge in [-0.2, -0.15) is 0 Å². The number of hydrogen-bond acceptors (Lipinski definition) is 3. The monoisotopic (exact) mass is 333 g/mol. The highest BCUT2D eigenvalue weighted by molar-refractivity contribution is 5.94. The molecule has 1 aliphatic rings. The fraction of sp³-hybridized carbons (Fsp3) is 0.278. The van der Waals surface area contributed by atoms with Crippen LogP contribution in [-0.2, 0) is 4.74 Å². The zero-order valence-electron chi connectivity index (χ0n) is 13.2. The van der Waals surface area contributed by atoms with Crippen molar-refractivity contribution in [3.8, 4) is 5.75 Å². The lowest BCUT2D eigenvalue weighted by Gasteiger charge is -2.33. The highest BCUT2D eigenvalue weighted by atomic mass is 19.2. The van der Waals surface area contributed by atoms with Crippen molar-refractivity contribution in [2.45, 2.75) is 6.10 Å². The van der Waals surface area contributed by atoms with E-state index in [4.69, 9.17) is 9.47 Å². The molecule has 1 fully saturated rings. The van der Waals surface area contributed by atoms with Crippen LogP contribution in [0.2, 0.25) is 0 Å². The van der Waals surface area contributed by atoms with Gasteiger partial charge >= 0.3 is 0 Å². The van der Waals surface area contributed by atoms with Gasteiger partial charge in [-0.05, 0) is 35.9 Å². The van der Waals surface area contributed by atoms with Crippen molar-refractivity contribution in [2.24, 2.45) is 0 Å². The van der Waals surface area contributed by atoms with E-state index in [2.05, 4.69) is 0 Å². The number of ether oxygens (including phenoxy) is 2. The van der Waals surface area contributed by atoms with E-state index in [1.54, 1.807) is 12.0 Å². The van der Waals surface area contributed by atoms with Crippen LogP contribution in [0.1, 0.15) is 22.0 Å². The standard InChI is InChI=1S/C18H17F2NO3/c1-23-14-5-2-12(3-6-14)17-11-21(8-9-24-17)18(22)13-4-7-15(19)16(20)10-13/h2-7,10,17H,8-9,11H2,1H3. The highest BCUT2D eigenvalue weighted by Gasteiger charge is 2.26. The number of methoxy groups -OCH3 is 1. The van der Waals surface area contributed by atoms with Crippen molar-refractivity contribution >= 4 is 5.91 Å². The third-order valence-corrected chi connectivity index (χ3v) is 4.01. The van der Waals surface area contributed by atoms with Gasteiger partial charge in [0.25, 0.3) is 5.91 Å². The number of rotatable bonds is 3. The molecule has 1 amide bonds. The Morgan fingerprint density at radius 1 is 1.17 bits per heavy atom. The second kappa shape index (κ2) is 6.97. The largest absolute Gasteiger partial charge is 0.497 e. The number of hydrogen-bond donors (Lipinski definition) is 0. The summed E-state index contributed by atoms with van der Waals surface area (Å²) in [4.78, 5) is 14.1. The van der Waals surface area contributed by atoms with Crippen LogP contribution in [0.5, 0.6) is 5.75 Å². The van der Waals surface area contributed by atoms with E-state index in [0.717, 1.165) is 23.4 Å². The van der Waals surface area contributed by atoms with Crippen LogP contribution in [0.3, 0.4) is 0 Å². The van der Waals surface area contributed by atoms with Crippen LogP contribution < -0.4 is 4.74 Å². The van der Waals surface area contributed by atoms with E-state index in [1.165, 1.54) is 6.07 Å². The number of nitrogens with zero attached hydrogens (tertiary/aromatic N) is 1. The molecule has 1 unspecified atom stereocenters. The van der Waals surface area contributed by atoms with Crippen LogP contribution in [0.25, 0.3) is 0 Å². The lowest BCUT2D eigenvalue weighted by Crippen LogP contribution is -2.42. The van der Waals surface area contributed by atoms with Gasteiger partial charge in [0.1, 0.15) is 11.9 Å². The van der Waals surface area contributed by atoms with Crippen molar-refractivity contribution in [1.82, 2.24) is 4.90 Å². The molecule has 4 nitrogen and oxygen atoms in total. The summed E-state index contributed by atoms with van der Waals surface area (Å²) in [7, 11) is 1.59. The molecule has 0 saturated carbocycles. The van der Waals surface area contributed by atoms with Gasteiger partial charge in [-0.1, -0.05) is 12.1 Å². The first-order valence-corrected chi connectivity index (χ1v) is 7.58. The molecule has 126 valence electrons. The van der Waals surface area contributed by atoms with Gasteiger partial charge in [0, 0.05) is 12.1 Å². The Morgan fingerprint density at radius 2 is 1.92 bits per heavy atom. The first-order chi connectivity index (χ1) is 11.6. The molecule has 0 aliphatic carbocycles. The fourth-order valence-corrected chi connectivity index (χ4v) is 2.67. The second-order valence-electron chi connectivity index (χ2n) is 5.51. The first kappa shape index (κ1) is 16.4. The predicted octanol–water partition coefficient (Wildman–Crippen LogP) is 3.19. The summed E-state index contributed by atoms with van der Waals surface area (Å²) in [5.74, 6) is -1.59. The summed E-state index contributed by atoms with van der Waals surface area (Å²) in [6, 6.07) is 10.6. The third-order valence-electron chi connectivity index (χ3n) is 4.01. The van der Waals surface area contributed by atoms with E-state index >= 15 is 0 Å². The third kappa shape index (κ3) is 3.38. The number of amides is 1. The minimum Gasteiger partial charge on any atom is -0.497 e. The Bertz CT molecular complexity index is 734. The summed E-state index contributed by atoms with van der Waals surface area (Å²) < 4.78 is 37.2. The van der Waals surface area contributed by atoms with E-state index < -0.39 is 11.6 Å². The zero-order valence-corrected chi connectivity index (χ0v) is 13.2. The number of benzene rings is 2. The van der Waals surface area contributed by atoms with E-state index in [-0.39, 0.29) is 17.6 Å². The predicted molar refractivity (Wildman–Crippen MR) is 83.9 cm³/mol. The lowest BCUT2D eigenvalue weighted by atomic mass is 10.1. The van der Waals surface area contributed by atoms with Gasteiger partial charge in [0.15, 0.2) is 11.6 Å². The van der Waals surface area contributed by atoms with Crippen molar-refractivity contribution < 1.29 is 23.0 Å². The van der Waals surface area contributed by atoms with Gasteiger partial charge in [-0.15, -0.1) is 0 Å². The molecule has 6 heteroatoms. The molecular formula is C18H17F2NO3. The number of carbonyl (C=O) groups excluding carboxylic acids is 1. The summed E-state index contributed by atoms with van der Waals surface area (Å²) in [5.41, 5.74) is 1.06. The Hall–Kier alpha value is -2.47. The van der Waals surface area contributed by atoms with Crippen molar-refractivity contribution in [2.75, 3.05) is 26.8 Å². The van der Waals surface area contributed by atoms with Crippen molar-refractivity contribution in [3.63, 3.8) is 0 Å². The van der Waals surface area contributed by atoms with Crippen molar-refractivity contribution in [1.29, 1.82) is 0 Å². The second-order valence-corrected chi connectivity index (χ2v) is 5.51. The Kier molecular flexibility index (Phi) is 4.76. The van der Waals surface area contributed by atoms with Gasteiger partial charge in [0.2, 0.25) is 0 Å². The molecule has 24 heavy (non-hydrogen) atoms. The van der Waals surface area contributed by atoms with Crippen LogP contribution in [0, 0.1) is 11.6 Å². The molecule has 2 aromatic carbocycles. The molecule has 0 aromatic heterocycles. The van der Waals surface area contributed by atoms with E-state index in [0.29, 0.717) is 19.7 Å². The topological polar surface area (TPSA) is 38.8 Å². The van der Waals surface area contributed by atoms with Gasteiger partial charge in [-0.3, -0.25) is 4.79 Å². The average molecular weight is 333 g/mol. The Labute approximate surface area is 138 Å². The van der Waals surface area contributed by atoms with Crippen LogP contribution >= 0.6 is 0 Å². The van der Waals surface area contributed by atoms with Crippen LogP contribution in [-0.4, -0.2) is 37.6 Å². The van der Waals surface area contributed by atoms with Crippen LogP contribution in [0.4, 0.5) is 8.78 Å². The van der Waals surface area contributed by atoms with Gasteiger partial charge in [0.05, 0.1) is 20.3 Å². The number of morpholine rings is 1. The number of carbonyl (C=O) groups is 1. The fourth-order valence-electron chi connectivity index (χ4n) is 2.67.